The van der Waals surface area contributed by atoms with Gasteiger partial charge in [-0.1, -0.05) is 60.3 Å². The second kappa shape index (κ2) is 5.98. The van der Waals surface area contributed by atoms with Crippen molar-refractivity contribution in [3.63, 3.8) is 0 Å². The Hall–Kier alpha value is -2.68. The smallest absolute Gasteiger partial charge is 0.166 e. The van der Waals surface area contributed by atoms with E-state index in [2.05, 4.69) is 29.9 Å². The number of aliphatic imine (C=N–C) groups is 1. The molecule has 0 N–H and O–H groups in total. The van der Waals surface area contributed by atoms with Gasteiger partial charge in [0.15, 0.2) is 5.76 Å². The molecule has 1 aromatic heterocycles. The van der Waals surface area contributed by atoms with Crippen LogP contribution in [0.3, 0.4) is 0 Å². The molecule has 1 aliphatic rings. The normalized spacial score (nSPS) is 18.0. The lowest BCUT2D eigenvalue weighted by molar-refractivity contribution is 0.381. The van der Waals surface area contributed by atoms with Gasteiger partial charge in [-0.3, -0.25) is 4.99 Å². The van der Waals surface area contributed by atoms with Crippen molar-refractivity contribution < 1.29 is 4.52 Å². The first-order chi connectivity index (χ1) is 10.8. The van der Waals surface area contributed by atoms with E-state index in [0.717, 1.165) is 39.4 Å². The summed E-state index contributed by atoms with van der Waals surface area (Å²) in [5.41, 5.74) is 6.13. The van der Waals surface area contributed by atoms with E-state index < -0.39 is 0 Å². The second-order valence-electron chi connectivity index (χ2n) is 5.12. The summed E-state index contributed by atoms with van der Waals surface area (Å²) in [5, 5.41) is 4.09. The third-order valence-corrected chi connectivity index (χ3v) is 3.75. The minimum atomic E-state index is 0.492. The third kappa shape index (κ3) is 2.35. The van der Waals surface area contributed by atoms with Crippen molar-refractivity contribution in [2.75, 3.05) is 0 Å². The van der Waals surface area contributed by atoms with E-state index in [4.69, 9.17) is 9.52 Å². The first kappa shape index (κ1) is 14.3. The number of hydrogen-bond donors (Lipinski definition) is 0. The highest BCUT2D eigenvalue weighted by Gasteiger charge is 2.25. The summed E-state index contributed by atoms with van der Waals surface area (Å²) in [6, 6.07) is 10.2. The van der Waals surface area contributed by atoms with Crippen LogP contribution in [0.1, 0.15) is 29.5 Å². The molecule has 0 aliphatic carbocycles. The fourth-order valence-corrected chi connectivity index (χ4v) is 2.79. The van der Waals surface area contributed by atoms with Gasteiger partial charge in [0, 0.05) is 11.1 Å². The number of allylic oxidation sites excluding steroid dienone is 5. The van der Waals surface area contributed by atoms with E-state index >= 15 is 0 Å². The predicted molar refractivity (Wildman–Crippen MR) is 89.9 cm³/mol. The highest BCUT2D eigenvalue weighted by molar-refractivity contribution is 6.22. The van der Waals surface area contributed by atoms with Gasteiger partial charge in [0.1, 0.15) is 6.54 Å². The van der Waals surface area contributed by atoms with Crippen LogP contribution < -0.4 is 0 Å². The Morgan fingerprint density at radius 2 is 1.95 bits per heavy atom. The Bertz CT molecular complexity index is 792. The van der Waals surface area contributed by atoms with Gasteiger partial charge in [-0.25, -0.2) is 0 Å². The summed E-state index contributed by atoms with van der Waals surface area (Å²) >= 11 is 0. The maximum atomic E-state index is 5.46. The molecule has 0 spiro atoms. The largest absolute Gasteiger partial charge is 0.358 e. The SMILES string of the molecule is C=C/C=C1\C(=C/C)C(c2ccccc2)=NCc2onc(C)c21. The van der Waals surface area contributed by atoms with Gasteiger partial charge in [-0.05, 0) is 19.4 Å². The van der Waals surface area contributed by atoms with E-state index in [1.54, 1.807) is 6.08 Å². The van der Waals surface area contributed by atoms with Crippen LogP contribution in [0.25, 0.3) is 5.57 Å². The molecule has 1 aliphatic heterocycles. The van der Waals surface area contributed by atoms with Crippen molar-refractivity contribution >= 4 is 11.3 Å². The zero-order chi connectivity index (χ0) is 15.5. The summed E-state index contributed by atoms with van der Waals surface area (Å²) in [7, 11) is 0. The molecule has 0 unspecified atom stereocenters. The molecule has 0 saturated heterocycles. The minimum absolute atomic E-state index is 0.492. The van der Waals surface area contributed by atoms with Gasteiger partial charge in [0.25, 0.3) is 0 Å². The van der Waals surface area contributed by atoms with Crippen LogP contribution >= 0.6 is 0 Å². The Labute approximate surface area is 130 Å². The average Bonchev–Trinajstić information content (AvgIpc) is 2.83. The number of fused-ring (bicyclic) bond motifs is 1. The van der Waals surface area contributed by atoms with Crippen molar-refractivity contribution in [1.82, 2.24) is 5.16 Å². The fourth-order valence-electron chi connectivity index (χ4n) is 2.79. The third-order valence-electron chi connectivity index (χ3n) is 3.75. The summed E-state index contributed by atoms with van der Waals surface area (Å²) in [6.07, 6.45) is 5.88. The van der Waals surface area contributed by atoms with Crippen LogP contribution in [-0.2, 0) is 6.54 Å². The molecular formula is C19H18N2O. The monoisotopic (exact) mass is 290 g/mol. The van der Waals surface area contributed by atoms with Crippen molar-refractivity contribution in [2.45, 2.75) is 20.4 Å². The summed E-state index contributed by atoms with van der Waals surface area (Å²) in [5.74, 6) is 0.802. The molecule has 0 saturated carbocycles. The van der Waals surface area contributed by atoms with Gasteiger partial charge in [0.2, 0.25) is 0 Å². The number of nitrogens with zero attached hydrogens (tertiary/aromatic N) is 2. The molecule has 0 fully saturated rings. The van der Waals surface area contributed by atoms with Gasteiger partial charge < -0.3 is 4.52 Å². The zero-order valence-corrected chi connectivity index (χ0v) is 12.8. The predicted octanol–water partition coefficient (Wildman–Crippen LogP) is 4.50. The van der Waals surface area contributed by atoms with E-state index in [0.29, 0.717) is 6.54 Å². The molecule has 3 rings (SSSR count). The Morgan fingerprint density at radius 3 is 2.64 bits per heavy atom. The molecule has 3 nitrogen and oxygen atoms in total. The van der Waals surface area contributed by atoms with Crippen LogP contribution in [-0.4, -0.2) is 10.9 Å². The van der Waals surface area contributed by atoms with E-state index in [1.165, 1.54) is 0 Å². The number of benzene rings is 1. The molecule has 0 amide bonds. The first-order valence-corrected chi connectivity index (χ1v) is 7.31. The summed E-state index contributed by atoms with van der Waals surface area (Å²) < 4.78 is 5.46. The van der Waals surface area contributed by atoms with Crippen molar-refractivity contribution in [3.8, 4) is 0 Å². The number of rotatable bonds is 2. The summed E-state index contributed by atoms with van der Waals surface area (Å²) in [6.45, 7) is 8.32. The van der Waals surface area contributed by atoms with Crippen LogP contribution in [0.15, 0.2) is 70.2 Å². The Morgan fingerprint density at radius 1 is 1.18 bits per heavy atom. The number of aryl methyl sites for hydroxylation is 1. The second-order valence-corrected chi connectivity index (χ2v) is 5.12. The Kier molecular flexibility index (Phi) is 3.88. The van der Waals surface area contributed by atoms with Crippen LogP contribution in [0.2, 0.25) is 0 Å². The molecule has 22 heavy (non-hydrogen) atoms. The molecule has 2 heterocycles. The number of aromatic nitrogens is 1. The number of hydrogen-bond acceptors (Lipinski definition) is 3. The molecule has 0 atom stereocenters. The topological polar surface area (TPSA) is 38.4 Å². The van der Waals surface area contributed by atoms with Crippen LogP contribution in [0.4, 0.5) is 0 Å². The molecule has 0 radical (unpaired) electrons. The lowest BCUT2D eigenvalue weighted by atomic mass is 9.90. The lowest BCUT2D eigenvalue weighted by Gasteiger charge is -2.12. The standard InChI is InChI=1S/C19H18N2O/c1-4-9-16-15(5-2)19(14-10-7-6-8-11-14)20-12-17-18(16)13(3)21-22-17/h4-11H,1,12H2,2-3H3/b15-5+,16-9+. The molecule has 3 heteroatoms. The molecular weight excluding hydrogens is 272 g/mol. The van der Waals surface area contributed by atoms with E-state index in [-0.39, 0.29) is 0 Å². The Balaban J connectivity index is 2.23. The van der Waals surface area contributed by atoms with Gasteiger partial charge in [-0.15, -0.1) is 0 Å². The maximum absolute atomic E-state index is 5.46. The van der Waals surface area contributed by atoms with Crippen molar-refractivity contribution in [1.29, 1.82) is 0 Å². The highest BCUT2D eigenvalue weighted by atomic mass is 16.5. The van der Waals surface area contributed by atoms with Crippen molar-refractivity contribution in [2.24, 2.45) is 4.99 Å². The molecule has 1 aromatic carbocycles. The molecule has 2 aromatic rings. The highest BCUT2D eigenvalue weighted by Crippen LogP contribution is 2.34. The fraction of sp³-hybridized carbons (Fsp3) is 0.158. The van der Waals surface area contributed by atoms with E-state index in [9.17, 15) is 0 Å². The summed E-state index contributed by atoms with van der Waals surface area (Å²) in [4.78, 5) is 4.77. The van der Waals surface area contributed by atoms with Gasteiger partial charge in [0.05, 0.1) is 17.0 Å². The van der Waals surface area contributed by atoms with Gasteiger partial charge >= 0.3 is 0 Å². The van der Waals surface area contributed by atoms with Gasteiger partial charge in [-0.2, -0.15) is 0 Å². The maximum Gasteiger partial charge on any atom is 0.166 e. The van der Waals surface area contributed by atoms with E-state index in [1.807, 2.05) is 38.1 Å². The lowest BCUT2D eigenvalue weighted by Crippen LogP contribution is -2.06. The molecule has 110 valence electrons. The average molecular weight is 290 g/mol. The first-order valence-electron chi connectivity index (χ1n) is 7.31. The zero-order valence-electron chi connectivity index (χ0n) is 12.8. The van der Waals surface area contributed by atoms with Crippen LogP contribution in [0, 0.1) is 6.92 Å². The van der Waals surface area contributed by atoms with Crippen LogP contribution in [0.5, 0.6) is 0 Å². The van der Waals surface area contributed by atoms with Crippen molar-refractivity contribution in [3.05, 3.63) is 83.3 Å². The quantitative estimate of drug-likeness (QED) is 0.816. The molecule has 0 bridgehead atoms. The minimum Gasteiger partial charge on any atom is -0.358 e.